The van der Waals surface area contributed by atoms with Crippen LogP contribution in [-0.2, 0) is 16.6 Å². The minimum atomic E-state index is -3.24. The standard InChI is InChI=1S/C15H16N2O4S/c18-15(16-11-14-6-2-8-21-14)12-4-1-5-13(10-12)17-7-3-9-22(17,19)20/h1-2,4-6,8,10H,3,7,9,11H2,(H,16,18). The summed E-state index contributed by atoms with van der Waals surface area (Å²) in [5.74, 6) is 0.545. The van der Waals surface area contributed by atoms with E-state index in [1.165, 1.54) is 4.31 Å². The fourth-order valence-electron chi connectivity index (χ4n) is 2.41. The smallest absolute Gasteiger partial charge is 0.251 e. The first-order valence-corrected chi connectivity index (χ1v) is 8.58. The quantitative estimate of drug-likeness (QED) is 0.931. The summed E-state index contributed by atoms with van der Waals surface area (Å²) in [4.78, 5) is 12.1. The summed E-state index contributed by atoms with van der Waals surface area (Å²) in [5, 5.41) is 2.74. The van der Waals surface area contributed by atoms with Crippen molar-refractivity contribution in [2.75, 3.05) is 16.6 Å². The van der Waals surface area contributed by atoms with Gasteiger partial charge in [-0.1, -0.05) is 6.07 Å². The van der Waals surface area contributed by atoms with E-state index in [1.54, 1.807) is 42.7 Å². The van der Waals surface area contributed by atoms with Gasteiger partial charge in [0.2, 0.25) is 10.0 Å². The van der Waals surface area contributed by atoms with Crippen LogP contribution >= 0.6 is 0 Å². The van der Waals surface area contributed by atoms with Crippen LogP contribution in [0.4, 0.5) is 5.69 Å². The van der Waals surface area contributed by atoms with Gasteiger partial charge in [-0.15, -0.1) is 0 Å². The normalized spacial score (nSPS) is 16.6. The van der Waals surface area contributed by atoms with Crippen LogP contribution in [0, 0.1) is 0 Å². The second kappa shape index (κ2) is 5.84. The topological polar surface area (TPSA) is 79.6 Å². The predicted octanol–water partition coefficient (Wildman–Crippen LogP) is 1.75. The number of nitrogens with one attached hydrogen (secondary N) is 1. The van der Waals surface area contributed by atoms with Crippen molar-refractivity contribution >= 4 is 21.6 Å². The number of furan rings is 1. The third kappa shape index (κ3) is 2.99. The lowest BCUT2D eigenvalue weighted by Crippen LogP contribution is -2.26. The zero-order chi connectivity index (χ0) is 15.6. The van der Waals surface area contributed by atoms with Crippen molar-refractivity contribution < 1.29 is 17.6 Å². The molecule has 2 aromatic rings. The van der Waals surface area contributed by atoms with Crippen molar-refractivity contribution in [2.24, 2.45) is 0 Å². The number of sulfonamides is 1. The molecule has 1 N–H and O–H groups in total. The molecule has 7 heteroatoms. The number of benzene rings is 1. The van der Waals surface area contributed by atoms with E-state index in [0.29, 0.717) is 30.0 Å². The number of rotatable bonds is 4. The van der Waals surface area contributed by atoms with Crippen LogP contribution in [0.3, 0.4) is 0 Å². The molecule has 1 aromatic heterocycles. The molecule has 1 aromatic carbocycles. The second-order valence-electron chi connectivity index (χ2n) is 5.05. The molecule has 0 atom stereocenters. The van der Waals surface area contributed by atoms with Gasteiger partial charge in [0.05, 0.1) is 24.2 Å². The van der Waals surface area contributed by atoms with Crippen LogP contribution in [0.15, 0.2) is 47.1 Å². The summed E-state index contributed by atoms with van der Waals surface area (Å²) in [6.45, 7) is 0.748. The molecule has 0 unspecified atom stereocenters. The summed E-state index contributed by atoms with van der Waals surface area (Å²) in [6.07, 6.45) is 2.15. The van der Waals surface area contributed by atoms with Crippen molar-refractivity contribution in [1.29, 1.82) is 0 Å². The highest BCUT2D eigenvalue weighted by atomic mass is 32.2. The Morgan fingerprint density at radius 1 is 1.27 bits per heavy atom. The Hall–Kier alpha value is -2.28. The van der Waals surface area contributed by atoms with E-state index in [4.69, 9.17) is 4.42 Å². The Morgan fingerprint density at radius 3 is 2.82 bits per heavy atom. The number of carbonyl (C=O) groups excluding carboxylic acids is 1. The molecule has 3 rings (SSSR count). The number of amides is 1. The van der Waals surface area contributed by atoms with E-state index >= 15 is 0 Å². The van der Waals surface area contributed by atoms with Crippen LogP contribution in [0.5, 0.6) is 0 Å². The monoisotopic (exact) mass is 320 g/mol. The molecule has 116 valence electrons. The number of hydrogen-bond donors (Lipinski definition) is 1. The average Bonchev–Trinajstić information content (AvgIpc) is 3.13. The molecule has 1 saturated heterocycles. The van der Waals surface area contributed by atoms with E-state index in [0.717, 1.165) is 0 Å². The van der Waals surface area contributed by atoms with Crippen molar-refractivity contribution in [1.82, 2.24) is 5.32 Å². The number of anilines is 1. The SMILES string of the molecule is O=C(NCc1ccco1)c1cccc(N2CCCS2(=O)=O)c1. The van der Waals surface area contributed by atoms with Gasteiger partial charge >= 0.3 is 0 Å². The Kier molecular flexibility index (Phi) is 3.89. The lowest BCUT2D eigenvalue weighted by Gasteiger charge is -2.17. The summed E-state index contributed by atoms with van der Waals surface area (Å²) < 4.78 is 30.4. The van der Waals surface area contributed by atoms with Crippen LogP contribution < -0.4 is 9.62 Å². The third-order valence-electron chi connectivity index (χ3n) is 3.50. The molecule has 2 heterocycles. The van der Waals surface area contributed by atoms with Gasteiger partial charge < -0.3 is 9.73 Å². The first-order chi connectivity index (χ1) is 10.6. The highest BCUT2D eigenvalue weighted by molar-refractivity contribution is 7.93. The van der Waals surface area contributed by atoms with Crippen LogP contribution in [0.2, 0.25) is 0 Å². The summed E-state index contributed by atoms with van der Waals surface area (Å²) in [7, 11) is -3.24. The highest BCUT2D eigenvalue weighted by Gasteiger charge is 2.28. The fourth-order valence-corrected chi connectivity index (χ4v) is 3.97. The van der Waals surface area contributed by atoms with Crippen molar-refractivity contribution in [3.05, 3.63) is 54.0 Å². The maximum absolute atomic E-state index is 12.1. The first-order valence-electron chi connectivity index (χ1n) is 6.97. The molecule has 0 saturated carbocycles. The van der Waals surface area contributed by atoms with Gasteiger partial charge in [0.25, 0.3) is 5.91 Å². The van der Waals surface area contributed by atoms with Gasteiger partial charge in [0.15, 0.2) is 0 Å². The predicted molar refractivity (Wildman–Crippen MR) is 82.1 cm³/mol. The Labute approximate surface area is 128 Å². The molecule has 1 fully saturated rings. The van der Waals surface area contributed by atoms with Gasteiger partial charge in [0.1, 0.15) is 5.76 Å². The van der Waals surface area contributed by atoms with Crippen molar-refractivity contribution in [3.63, 3.8) is 0 Å². The highest BCUT2D eigenvalue weighted by Crippen LogP contribution is 2.24. The van der Waals surface area contributed by atoms with E-state index in [9.17, 15) is 13.2 Å². The lowest BCUT2D eigenvalue weighted by atomic mass is 10.2. The van der Waals surface area contributed by atoms with Gasteiger partial charge in [-0.2, -0.15) is 0 Å². The van der Waals surface area contributed by atoms with Gasteiger partial charge in [-0.05, 0) is 36.8 Å². The molecule has 1 amide bonds. The molecule has 1 aliphatic heterocycles. The molecule has 1 aliphatic rings. The van der Waals surface area contributed by atoms with E-state index in [1.807, 2.05) is 0 Å². The summed E-state index contributed by atoms with van der Waals surface area (Å²) in [6, 6.07) is 10.2. The molecule has 0 aliphatic carbocycles. The Balaban J connectivity index is 1.75. The lowest BCUT2D eigenvalue weighted by molar-refractivity contribution is 0.0948. The maximum Gasteiger partial charge on any atom is 0.251 e. The third-order valence-corrected chi connectivity index (χ3v) is 5.37. The summed E-state index contributed by atoms with van der Waals surface area (Å²) in [5.41, 5.74) is 0.953. The molecule has 22 heavy (non-hydrogen) atoms. The number of carbonyl (C=O) groups is 1. The minimum absolute atomic E-state index is 0.155. The number of nitrogens with zero attached hydrogens (tertiary/aromatic N) is 1. The van der Waals surface area contributed by atoms with Crippen LogP contribution in [-0.4, -0.2) is 26.6 Å². The molecule has 0 spiro atoms. The summed E-state index contributed by atoms with van der Waals surface area (Å²) >= 11 is 0. The van der Waals surface area contributed by atoms with Crippen molar-refractivity contribution in [3.8, 4) is 0 Å². The Bertz CT molecular complexity index is 769. The molecular weight excluding hydrogens is 304 g/mol. The van der Waals surface area contributed by atoms with Crippen LogP contribution in [0.1, 0.15) is 22.5 Å². The zero-order valence-corrected chi connectivity index (χ0v) is 12.7. The van der Waals surface area contributed by atoms with Crippen molar-refractivity contribution in [2.45, 2.75) is 13.0 Å². The largest absolute Gasteiger partial charge is 0.467 e. The first kappa shape index (κ1) is 14.6. The van der Waals surface area contributed by atoms with E-state index < -0.39 is 10.0 Å². The second-order valence-corrected chi connectivity index (χ2v) is 7.07. The van der Waals surface area contributed by atoms with Gasteiger partial charge in [-0.25, -0.2) is 8.42 Å². The molecular formula is C15H16N2O4S. The molecule has 0 bridgehead atoms. The minimum Gasteiger partial charge on any atom is -0.467 e. The molecule has 6 nitrogen and oxygen atoms in total. The fraction of sp³-hybridized carbons (Fsp3) is 0.267. The van der Waals surface area contributed by atoms with Gasteiger partial charge in [-0.3, -0.25) is 9.10 Å². The van der Waals surface area contributed by atoms with Crippen LogP contribution in [0.25, 0.3) is 0 Å². The average molecular weight is 320 g/mol. The van der Waals surface area contributed by atoms with E-state index in [2.05, 4.69) is 5.32 Å². The Morgan fingerprint density at radius 2 is 2.14 bits per heavy atom. The van der Waals surface area contributed by atoms with E-state index in [-0.39, 0.29) is 18.2 Å². The maximum atomic E-state index is 12.1. The zero-order valence-electron chi connectivity index (χ0n) is 11.9. The number of hydrogen-bond acceptors (Lipinski definition) is 4. The molecule has 0 radical (unpaired) electrons. The van der Waals surface area contributed by atoms with Gasteiger partial charge in [0, 0.05) is 12.1 Å².